The van der Waals surface area contributed by atoms with E-state index in [4.69, 9.17) is 23.7 Å². The zero-order chi connectivity index (χ0) is 27.4. The lowest BCUT2D eigenvalue weighted by atomic mass is 9.98. The van der Waals surface area contributed by atoms with Crippen LogP contribution in [-0.2, 0) is 50.1 Å². The van der Waals surface area contributed by atoms with Crippen LogP contribution in [-0.4, -0.2) is 42.4 Å². The molecule has 6 nitrogen and oxygen atoms in total. The molecule has 1 aliphatic rings. The average molecular weight is 541 g/mol. The van der Waals surface area contributed by atoms with Crippen molar-refractivity contribution in [3.8, 4) is 0 Å². The second-order valence-corrected chi connectivity index (χ2v) is 9.85. The van der Waals surface area contributed by atoms with Crippen LogP contribution in [0.3, 0.4) is 0 Å². The van der Waals surface area contributed by atoms with Crippen LogP contribution in [0.5, 0.6) is 0 Å². The minimum Gasteiger partial charge on any atom is -0.374 e. The zero-order valence-electron chi connectivity index (χ0n) is 22.5. The summed E-state index contributed by atoms with van der Waals surface area (Å²) in [5.41, 5.74) is 4.10. The van der Waals surface area contributed by atoms with Crippen molar-refractivity contribution in [2.45, 2.75) is 57.1 Å². The summed E-state index contributed by atoms with van der Waals surface area (Å²) in [6, 6.07) is 39.7. The fraction of sp³-hybridized carbons (Fsp3) is 0.294. The summed E-state index contributed by atoms with van der Waals surface area (Å²) in [4.78, 5) is 0. The van der Waals surface area contributed by atoms with Crippen molar-refractivity contribution >= 4 is 0 Å². The molecule has 0 radical (unpaired) electrons. The Morgan fingerprint density at radius 2 is 0.850 bits per heavy atom. The molecular weight excluding hydrogens is 504 g/mol. The van der Waals surface area contributed by atoms with E-state index in [1.807, 2.05) is 121 Å². The molecule has 4 aromatic rings. The third-order valence-corrected chi connectivity index (χ3v) is 6.86. The van der Waals surface area contributed by atoms with Gasteiger partial charge in [0.25, 0.3) is 0 Å². The molecule has 6 heteroatoms. The maximum atomic E-state index is 11.2. The van der Waals surface area contributed by atoms with E-state index in [0.717, 1.165) is 22.3 Å². The maximum Gasteiger partial charge on any atom is 0.184 e. The highest BCUT2D eigenvalue weighted by Crippen LogP contribution is 2.30. The van der Waals surface area contributed by atoms with Crippen LogP contribution in [0, 0.1) is 0 Å². The van der Waals surface area contributed by atoms with Gasteiger partial charge in [0.05, 0.1) is 33.0 Å². The summed E-state index contributed by atoms with van der Waals surface area (Å²) in [6.45, 7) is 1.65. The molecule has 0 aliphatic carbocycles. The van der Waals surface area contributed by atoms with E-state index in [1.165, 1.54) is 0 Å². The molecule has 5 atom stereocenters. The Bertz CT molecular complexity index is 1240. The summed E-state index contributed by atoms with van der Waals surface area (Å²) in [5, 5.41) is 11.2. The highest BCUT2D eigenvalue weighted by molar-refractivity contribution is 5.16. The monoisotopic (exact) mass is 540 g/mol. The number of aliphatic hydroxyl groups excluding tert-OH is 1. The molecule has 1 saturated heterocycles. The molecule has 0 saturated carbocycles. The van der Waals surface area contributed by atoms with E-state index in [2.05, 4.69) is 0 Å². The Morgan fingerprint density at radius 1 is 0.475 bits per heavy atom. The summed E-state index contributed by atoms with van der Waals surface area (Å²) < 4.78 is 31.4. The second-order valence-electron chi connectivity index (χ2n) is 9.85. The first-order valence-electron chi connectivity index (χ1n) is 13.7. The second kappa shape index (κ2) is 14.9. The van der Waals surface area contributed by atoms with Gasteiger partial charge in [-0.1, -0.05) is 121 Å². The van der Waals surface area contributed by atoms with Crippen LogP contribution in [0.4, 0.5) is 0 Å². The van der Waals surface area contributed by atoms with Gasteiger partial charge in [-0.05, 0) is 22.3 Å². The largest absolute Gasteiger partial charge is 0.374 e. The quantitative estimate of drug-likeness (QED) is 0.236. The van der Waals surface area contributed by atoms with Crippen LogP contribution in [0.15, 0.2) is 121 Å². The number of rotatable bonds is 13. The molecule has 0 spiro atoms. The zero-order valence-corrected chi connectivity index (χ0v) is 22.5. The lowest BCUT2D eigenvalue weighted by Crippen LogP contribution is -2.61. The van der Waals surface area contributed by atoms with Crippen molar-refractivity contribution in [3.63, 3.8) is 0 Å². The van der Waals surface area contributed by atoms with Gasteiger partial charge in [-0.3, -0.25) is 0 Å². The molecule has 40 heavy (non-hydrogen) atoms. The molecule has 208 valence electrons. The number of hydrogen-bond acceptors (Lipinski definition) is 6. The highest BCUT2D eigenvalue weighted by Gasteiger charge is 2.48. The topological polar surface area (TPSA) is 66.4 Å². The Labute approximate surface area is 236 Å². The summed E-state index contributed by atoms with van der Waals surface area (Å²) in [7, 11) is 0. The fourth-order valence-corrected chi connectivity index (χ4v) is 4.77. The van der Waals surface area contributed by atoms with Gasteiger partial charge in [0.15, 0.2) is 6.29 Å². The first-order chi connectivity index (χ1) is 19.8. The molecular formula is C34H36O6. The maximum absolute atomic E-state index is 11.2. The Balaban J connectivity index is 1.36. The van der Waals surface area contributed by atoms with Gasteiger partial charge in [-0.25, -0.2) is 0 Å². The molecule has 1 heterocycles. The molecule has 1 N–H and O–H groups in total. The Hall–Kier alpha value is -3.36. The molecule has 0 unspecified atom stereocenters. The van der Waals surface area contributed by atoms with Crippen molar-refractivity contribution in [2.75, 3.05) is 6.61 Å². The van der Waals surface area contributed by atoms with Crippen molar-refractivity contribution < 1.29 is 28.8 Å². The van der Waals surface area contributed by atoms with E-state index in [-0.39, 0.29) is 6.61 Å². The van der Waals surface area contributed by atoms with Crippen LogP contribution in [0.25, 0.3) is 0 Å². The number of ether oxygens (including phenoxy) is 5. The average Bonchev–Trinajstić information content (AvgIpc) is 3.01. The Morgan fingerprint density at radius 3 is 1.30 bits per heavy atom. The lowest BCUT2D eigenvalue weighted by molar-refractivity contribution is -0.317. The standard InChI is InChI=1S/C34H36O6/c35-34-33(39-24-29-19-11-4-12-20-29)32(38-23-28-17-9-3-10-18-28)31(37-22-27-15-7-2-8-16-27)30(40-34)25-36-21-26-13-5-1-6-14-26/h1-20,30-35H,21-25H2/t30-,31-,32+,33-,34+/m0/s1. The van der Waals surface area contributed by atoms with E-state index < -0.39 is 30.7 Å². The SMILES string of the molecule is O[C@@H]1O[C@@H](COCc2ccccc2)[C@H](OCc2ccccc2)[C@@H](OCc2ccccc2)[C@@H]1OCc1ccccc1. The molecule has 1 aliphatic heterocycles. The van der Waals surface area contributed by atoms with E-state index in [0.29, 0.717) is 26.4 Å². The van der Waals surface area contributed by atoms with Crippen molar-refractivity contribution in [3.05, 3.63) is 144 Å². The normalized spacial score (nSPS) is 22.7. The van der Waals surface area contributed by atoms with Crippen LogP contribution in [0.1, 0.15) is 22.3 Å². The molecule has 1 fully saturated rings. The minimum atomic E-state index is -1.22. The first-order valence-corrected chi connectivity index (χ1v) is 13.7. The number of benzene rings is 4. The van der Waals surface area contributed by atoms with Gasteiger partial charge < -0.3 is 28.8 Å². The highest BCUT2D eigenvalue weighted by atomic mass is 16.7. The smallest absolute Gasteiger partial charge is 0.184 e. The Kier molecular flexibility index (Phi) is 10.5. The van der Waals surface area contributed by atoms with Crippen molar-refractivity contribution in [2.24, 2.45) is 0 Å². The van der Waals surface area contributed by atoms with Gasteiger partial charge in [0.2, 0.25) is 0 Å². The van der Waals surface area contributed by atoms with Gasteiger partial charge in [-0.15, -0.1) is 0 Å². The summed E-state index contributed by atoms with van der Waals surface area (Å²) >= 11 is 0. The van der Waals surface area contributed by atoms with Gasteiger partial charge in [0.1, 0.15) is 24.4 Å². The van der Waals surface area contributed by atoms with Gasteiger partial charge >= 0.3 is 0 Å². The molecule has 5 rings (SSSR count). The van der Waals surface area contributed by atoms with Crippen LogP contribution < -0.4 is 0 Å². The number of hydrogen-bond donors (Lipinski definition) is 1. The van der Waals surface area contributed by atoms with E-state index in [1.54, 1.807) is 0 Å². The van der Waals surface area contributed by atoms with Crippen molar-refractivity contribution in [1.82, 2.24) is 0 Å². The first kappa shape index (κ1) is 28.2. The third-order valence-electron chi connectivity index (χ3n) is 6.86. The molecule has 0 aromatic heterocycles. The van der Waals surface area contributed by atoms with Crippen LogP contribution in [0.2, 0.25) is 0 Å². The third kappa shape index (κ3) is 8.08. The molecule has 0 bridgehead atoms. The predicted octanol–water partition coefficient (Wildman–Crippen LogP) is 5.68. The molecule has 0 amide bonds. The fourth-order valence-electron chi connectivity index (χ4n) is 4.77. The number of aliphatic hydroxyl groups is 1. The van der Waals surface area contributed by atoms with Crippen molar-refractivity contribution in [1.29, 1.82) is 0 Å². The summed E-state index contributed by atoms with van der Waals surface area (Å²) in [6.07, 6.45) is -3.72. The minimum absolute atomic E-state index is 0.224. The van der Waals surface area contributed by atoms with E-state index in [9.17, 15) is 5.11 Å². The summed E-state index contributed by atoms with van der Waals surface area (Å²) in [5.74, 6) is 0. The molecule has 4 aromatic carbocycles. The predicted molar refractivity (Wildman–Crippen MR) is 152 cm³/mol. The van der Waals surface area contributed by atoms with Gasteiger partial charge in [-0.2, -0.15) is 0 Å². The lowest BCUT2D eigenvalue weighted by Gasteiger charge is -2.44. The van der Waals surface area contributed by atoms with E-state index >= 15 is 0 Å². The van der Waals surface area contributed by atoms with Crippen LogP contribution >= 0.6 is 0 Å². The van der Waals surface area contributed by atoms with Gasteiger partial charge in [0, 0.05) is 0 Å².